The van der Waals surface area contributed by atoms with E-state index in [4.69, 9.17) is 10.2 Å². The number of aliphatic hydroxyl groups is 1. The predicted octanol–water partition coefficient (Wildman–Crippen LogP) is 1.36. The van der Waals surface area contributed by atoms with E-state index < -0.39 is 29.9 Å². The maximum absolute atomic E-state index is 13.7. The second-order valence-electron chi connectivity index (χ2n) is 4.66. The van der Waals surface area contributed by atoms with Gasteiger partial charge >= 0.3 is 12.0 Å². The van der Waals surface area contributed by atoms with Crippen LogP contribution in [0.4, 0.5) is 9.18 Å². The molecule has 3 N–H and O–H groups in total. The van der Waals surface area contributed by atoms with E-state index in [9.17, 15) is 14.0 Å². The van der Waals surface area contributed by atoms with E-state index in [-0.39, 0.29) is 13.0 Å². The molecule has 1 rings (SSSR count). The van der Waals surface area contributed by atoms with Crippen LogP contribution >= 0.6 is 0 Å². The number of carboxylic acids is 1. The highest BCUT2D eigenvalue weighted by molar-refractivity contribution is 5.82. The van der Waals surface area contributed by atoms with Gasteiger partial charge < -0.3 is 20.4 Å². The van der Waals surface area contributed by atoms with Crippen LogP contribution in [0.3, 0.4) is 0 Å². The number of nitrogens with one attached hydrogen (secondary N) is 1. The molecular formula is C14H19FN2O4. The van der Waals surface area contributed by atoms with Crippen molar-refractivity contribution in [2.75, 3.05) is 13.7 Å². The molecule has 0 aliphatic heterocycles. The van der Waals surface area contributed by atoms with Crippen LogP contribution in [0.15, 0.2) is 24.3 Å². The third-order valence-corrected chi connectivity index (χ3v) is 3.27. The molecule has 0 aliphatic rings. The molecule has 1 aromatic rings. The van der Waals surface area contributed by atoms with E-state index in [1.807, 2.05) is 0 Å². The predicted molar refractivity (Wildman–Crippen MR) is 74.2 cm³/mol. The average molecular weight is 298 g/mol. The number of carbonyl (C=O) groups is 2. The van der Waals surface area contributed by atoms with Crippen molar-refractivity contribution in [3.8, 4) is 0 Å². The highest BCUT2D eigenvalue weighted by Crippen LogP contribution is 2.21. The van der Waals surface area contributed by atoms with E-state index in [0.29, 0.717) is 5.56 Å². The van der Waals surface area contributed by atoms with Crippen molar-refractivity contribution in [1.29, 1.82) is 0 Å². The van der Waals surface area contributed by atoms with Gasteiger partial charge in [-0.25, -0.2) is 14.0 Å². The number of aliphatic carboxylic acids is 1. The van der Waals surface area contributed by atoms with Crippen molar-refractivity contribution in [3.63, 3.8) is 0 Å². The van der Waals surface area contributed by atoms with Gasteiger partial charge in [-0.1, -0.05) is 18.2 Å². The van der Waals surface area contributed by atoms with Gasteiger partial charge in [0.15, 0.2) is 0 Å². The van der Waals surface area contributed by atoms with Gasteiger partial charge in [-0.3, -0.25) is 0 Å². The van der Waals surface area contributed by atoms with Crippen molar-refractivity contribution in [2.45, 2.75) is 25.4 Å². The number of halogens is 1. The number of aliphatic hydroxyl groups excluding tert-OH is 1. The van der Waals surface area contributed by atoms with Crippen LogP contribution in [0.1, 0.15) is 24.9 Å². The summed E-state index contributed by atoms with van der Waals surface area (Å²) in [6.45, 7) is 1.28. The summed E-state index contributed by atoms with van der Waals surface area (Å²) in [6, 6.07) is 3.68. The molecule has 116 valence electrons. The molecule has 0 aromatic heterocycles. The minimum Gasteiger partial charge on any atom is -0.480 e. The molecule has 2 amide bonds. The zero-order valence-electron chi connectivity index (χ0n) is 11.9. The van der Waals surface area contributed by atoms with Gasteiger partial charge in [0, 0.05) is 25.6 Å². The molecule has 1 unspecified atom stereocenters. The monoisotopic (exact) mass is 298 g/mol. The Bertz CT molecular complexity index is 510. The molecule has 0 saturated heterocycles. The number of urea groups is 1. The zero-order chi connectivity index (χ0) is 16.0. The third-order valence-electron chi connectivity index (χ3n) is 3.27. The van der Waals surface area contributed by atoms with E-state index in [1.54, 1.807) is 25.1 Å². The number of carbonyl (C=O) groups excluding carboxylic acids is 1. The lowest BCUT2D eigenvalue weighted by atomic mass is 10.1. The van der Waals surface area contributed by atoms with E-state index in [0.717, 1.165) is 0 Å². The fourth-order valence-corrected chi connectivity index (χ4v) is 1.84. The fourth-order valence-electron chi connectivity index (χ4n) is 1.84. The van der Waals surface area contributed by atoms with Crippen LogP contribution in [-0.4, -0.2) is 46.8 Å². The van der Waals surface area contributed by atoms with Crippen LogP contribution in [0.2, 0.25) is 0 Å². The largest absolute Gasteiger partial charge is 0.480 e. The van der Waals surface area contributed by atoms with Gasteiger partial charge in [0.05, 0.1) is 6.04 Å². The molecule has 0 saturated carbocycles. The molecule has 2 atom stereocenters. The molecular weight excluding hydrogens is 279 g/mol. The zero-order valence-corrected chi connectivity index (χ0v) is 11.9. The van der Waals surface area contributed by atoms with Crippen molar-refractivity contribution >= 4 is 12.0 Å². The number of amides is 2. The van der Waals surface area contributed by atoms with Crippen LogP contribution < -0.4 is 5.32 Å². The van der Waals surface area contributed by atoms with E-state index >= 15 is 0 Å². The molecule has 0 heterocycles. The van der Waals surface area contributed by atoms with Gasteiger partial charge in [-0.05, 0) is 13.0 Å². The van der Waals surface area contributed by atoms with Gasteiger partial charge in [-0.15, -0.1) is 0 Å². The summed E-state index contributed by atoms with van der Waals surface area (Å²) in [5.41, 5.74) is 0.337. The Hall–Kier alpha value is -2.15. The Kier molecular flexibility index (Phi) is 6.10. The normalized spacial score (nSPS) is 13.3. The molecule has 21 heavy (non-hydrogen) atoms. The lowest BCUT2D eigenvalue weighted by Crippen LogP contribution is -2.47. The average Bonchev–Trinajstić information content (AvgIpc) is 2.45. The van der Waals surface area contributed by atoms with Gasteiger partial charge in [0.2, 0.25) is 0 Å². The summed E-state index contributed by atoms with van der Waals surface area (Å²) in [5, 5.41) is 20.0. The van der Waals surface area contributed by atoms with Gasteiger partial charge in [-0.2, -0.15) is 0 Å². The Labute approximate surface area is 122 Å². The summed E-state index contributed by atoms with van der Waals surface area (Å²) >= 11 is 0. The van der Waals surface area contributed by atoms with Crippen LogP contribution in [0, 0.1) is 5.82 Å². The number of hydrogen-bond acceptors (Lipinski definition) is 3. The first-order chi connectivity index (χ1) is 9.88. The minimum atomic E-state index is -1.23. The molecule has 0 spiro atoms. The maximum atomic E-state index is 13.7. The second kappa shape index (κ2) is 7.58. The summed E-state index contributed by atoms with van der Waals surface area (Å²) in [6.07, 6.45) is -0.0943. The molecule has 1 aromatic carbocycles. The number of hydrogen-bond donors (Lipinski definition) is 3. The molecule has 0 fully saturated rings. The SMILES string of the molecule is CC(c1ccccc1F)N(C)C(=O)N[C@@H](CCO)C(=O)O. The standard InChI is InChI=1S/C14H19FN2O4/c1-9(10-5-3-4-6-11(10)15)17(2)14(21)16-12(7-8-18)13(19)20/h3-6,9,12,18H,7-8H2,1-2H3,(H,16,21)(H,19,20)/t9?,12-/m0/s1. The number of benzene rings is 1. The quantitative estimate of drug-likeness (QED) is 0.740. The lowest BCUT2D eigenvalue weighted by Gasteiger charge is -2.27. The Balaban J connectivity index is 2.78. The number of rotatable bonds is 6. The number of carboxylic acid groups (broad SMARTS) is 1. The minimum absolute atomic E-state index is 0.0943. The van der Waals surface area contributed by atoms with Gasteiger partial charge in [0.25, 0.3) is 0 Å². The van der Waals surface area contributed by atoms with Crippen LogP contribution in [0.25, 0.3) is 0 Å². The Morgan fingerprint density at radius 1 is 1.38 bits per heavy atom. The third kappa shape index (κ3) is 4.42. The van der Waals surface area contributed by atoms with Crippen LogP contribution in [-0.2, 0) is 4.79 Å². The molecule has 0 aliphatic carbocycles. The van der Waals surface area contributed by atoms with Crippen molar-refractivity contribution in [3.05, 3.63) is 35.6 Å². The first kappa shape index (κ1) is 16.9. The molecule has 6 nitrogen and oxygen atoms in total. The highest BCUT2D eigenvalue weighted by atomic mass is 19.1. The summed E-state index contributed by atoms with van der Waals surface area (Å²) in [4.78, 5) is 24.2. The maximum Gasteiger partial charge on any atom is 0.326 e. The smallest absolute Gasteiger partial charge is 0.326 e. The van der Waals surface area contributed by atoms with Crippen LogP contribution in [0.5, 0.6) is 0 Å². The summed E-state index contributed by atoms with van der Waals surface area (Å²) in [7, 11) is 1.45. The second-order valence-corrected chi connectivity index (χ2v) is 4.66. The fraction of sp³-hybridized carbons (Fsp3) is 0.429. The van der Waals surface area contributed by atoms with Crippen molar-refractivity contribution < 1.29 is 24.2 Å². The Morgan fingerprint density at radius 2 is 2.00 bits per heavy atom. The molecule has 0 bridgehead atoms. The van der Waals surface area contributed by atoms with E-state index in [2.05, 4.69) is 5.32 Å². The topological polar surface area (TPSA) is 89.9 Å². The lowest BCUT2D eigenvalue weighted by molar-refractivity contribution is -0.139. The molecule has 0 radical (unpaired) electrons. The summed E-state index contributed by atoms with van der Waals surface area (Å²) in [5.74, 6) is -1.67. The van der Waals surface area contributed by atoms with E-state index in [1.165, 1.54) is 18.0 Å². The first-order valence-corrected chi connectivity index (χ1v) is 6.50. The Morgan fingerprint density at radius 3 is 2.52 bits per heavy atom. The summed E-state index contributed by atoms with van der Waals surface area (Å²) < 4.78 is 13.7. The van der Waals surface area contributed by atoms with Crippen molar-refractivity contribution in [1.82, 2.24) is 10.2 Å². The molecule has 7 heteroatoms. The van der Waals surface area contributed by atoms with Crippen molar-refractivity contribution in [2.24, 2.45) is 0 Å². The first-order valence-electron chi connectivity index (χ1n) is 6.50. The van der Waals surface area contributed by atoms with Gasteiger partial charge in [0.1, 0.15) is 11.9 Å². The highest BCUT2D eigenvalue weighted by Gasteiger charge is 2.24. The number of nitrogens with zero attached hydrogens (tertiary/aromatic N) is 1.